The fraction of sp³-hybridized carbons (Fsp3) is 0.235. The molecule has 0 aliphatic heterocycles. The van der Waals surface area contributed by atoms with E-state index in [2.05, 4.69) is 18.3 Å². The van der Waals surface area contributed by atoms with E-state index in [9.17, 15) is 0 Å². The number of rotatable bonds is 4. The van der Waals surface area contributed by atoms with Crippen LogP contribution in [0.3, 0.4) is 0 Å². The molecule has 2 aromatic carbocycles. The van der Waals surface area contributed by atoms with Crippen molar-refractivity contribution in [1.82, 2.24) is 5.32 Å². The molecule has 0 aliphatic rings. The van der Waals surface area contributed by atoms with Crippen molar-refractivity contribution in [3.8, 4) is 6.07 Å². The second kappa shape index (κ2) is 6.56. The van der Waals surface area contributed by atoms with Crippen LogP contribution >= 0.6 is 11.6 Å². The SMILES string of the molecule is Cc1cc(C#N)ccc1CNC(C)c1ccc(Cl)cc1. The van der Waals surface area contributed by atoms with Gasteiger partial charge in [-0.1, -0.05) is 29.8 Å². The number of aryl methyl sites for hydroxylation is 1. The average Bonchev–Trinajstić information content (AvgIpc) is 2.46. The molecule has 0 saturated heterocycles. The molecular formula is C17H17ClN2. The maximum Gasteiger partial charge on any atom is 0.0991 e. The van der Waals surface area contributed by atoms with Gasteiger partial charge in [-0.05, 0) is 54.8 Å². The highest BCUT2D eigenvalue weighted by molar-refractivity contribution is 6.30. The van der Waals surface area contributed by atoms with Gasteiger partial charge in [-0.2, -0.15) is 5.26 Å². The summed E-state index contributed by atoms with van der Waals surface area (Å²) in [5.74, 6) is 0. The summed E-state index contributed by atoms with van der Waals surface area (Å²) in [7, 11) is 0. The van der Waals surface area contributed by atoms with E-state index in [1.54, 1.807) is 0 Å². The molecule has 0 spiro atoms. The molecule has 0 saturated carbocycles. The third-order valence-electron chi connectivity index (χ3n) is 3.44. The van der Waals surface area contributed by atoms with Crippen molar-refractivity contribution in [1.29, 1.82) is 5.26 Å². The Morgan fingerprint density at radius 1 is 1.20 bits per heavy atom. The molecule has 102 valence electrons. The predicted octanol–water partition coefficient (Wildman–Crippen LogP) is 4.37. The van der Waals surface area contributed by atoms with Gasteiger partial charge in [0, 0.05) is 17.6 Å². The van der Waals surface area contributed by atoms with Crippen LogP contribution in [0.5, 0.6) is 0 Å². The van der Waals surface area contributed by atoms with E-state index in [-0.39, 0.29) is 6.04 Å². The lowest BCUT2D eigenvalue weighted by molar-refractivity contribution is 0.573. The number of hydrogen-bond donors (Lipinski definition) is 1. The van der Waals surface area contributed by atoms with Gasteiger partial charge in [-0.3, -0.25) is 0 Å². The molecule has 0 heterocycles. The molecule has 1 unspecified atom stereocenters. The van der Waals surface area contributed by atoms with E-state index in [4.69, 9.17) is 16.9 Å². The second-order valence-electron chi connectivity index (χ2n) is 4.91. The molecule has 2 aromatic rings. The standard InChI is InChI=1S/C17H17ClN2/c1-12-9-14(10-19)3-4-16(12)11-20-13(2)15-5-7-17(18)8-6-15/h3-9,13,20H,11H2,1-2H3. The summed E-state index contributed by atoms with van der Waals surface area (Å²) in [4.78, 5) is 0. The molecule has 2 rings (SSSR count). The fourth-order valence-electron chi connectivity index (χ4n) is 2.10. The third kappa shape index (κ3) is 3.60. The fourth-order valence-corrected chi connectivity index (χ4v) is 2.22. The van der Waals surface area contributed by atoms with Crippen molar-refractivity contribution in [2.45, 2.75) is 26.4 Å². The van der Waals surface area contributed by atoms with Gasteiger partial charge in [0.05, 0.1) is 11.6 Å². The molecule has 0 fully saturated rings. The average molecular weight is 285 g/mol. The van der Waals surface area contributed by atoms with Crippen LogP contribution in [0, 0.1) is 18.3 Å². The largest absolute Gasteiger partial charge is 0.306 e. The summed E-state index contributed by atoms with van der Waals surface area (Å²) in [6, 6.07) is 16.1. The van der Waals surface area contributed by atoms with Crippen molar-refractivity contribution in [2.75, 3.05) is 0 Å². The molecule has 1 N–H and O–H groups in total. The van der Waals surface area contributed by atoms with Crippen molar-refractivity contribution in [2.24, 2.45) is 0 Å². The van der Waals surface area contributed by atoms with Gasteiger partial charge in [0.2, 0.25) is 0 Å². The molecule has 0 bridgehead atoms. The van der Waals surface area contributed by atoms with Gasteiger partial charge in [0.15, 0.2) is 0 Å². The molecule has 20 heavy (non-hydrogen) atoms. The Labute approximate surface area is 125 Å². The van der Waals surface area contributed by atoms with Crippen LogP contribution in [0.25, 0.3) is 0 Å². The summed E-state index contributed by atoms with van der Waals surface area (Å²) >= 11 is 5.89. The first kappa shape index (κ1) is 14.6. The van der Waals surface area contributed by atoms with Crippen molar-refractivity contribution >= 4 is 11.6 Å². The number of nitrogens with one attached hydrogen (secondary N) is 1. The van der Waals surface area contributed by atoms with Gasteiger partial charge in [-0.15, -0.1) is 0 Å². The summed E-state index contributed by atoms with van der Waals surface area (Å²) in [6.45, 7) is 4.94. The summed E-state index contributed by atoms with van der Waals surface area (Å²) in [5, 5.41) is 13.1. The van der Waals surface area contributed by atoms with Crippen molar-refractivity contribution in [3.63, 3.8) is 0 Å². The van der Waals surface area contributed by atoms with E-state index >= 15 is 0 Å². The maximum atomic E-state index is 8.87. The summed E-state index contributed by atoms with van der Waals surface area (Å²) < 4.78 is 0. The van der Waals surface area contributed by atoms with E-state index in [1.165, 1.54) is 11.1 Å². The Morgan fingerprint density at radius 3 is 2.50 bits per heavy atom. The highest BCUT2D eigenvalue weighted by atomic mass is 35.5. The van der Waals surface area contributed by atoms with Crippen LogP contribution in [0.4, 0.5) is 0 Å². The first-order valence-electron chi connectivity index (χ1n) is 6.58. The van der Waals surface area contributed by atoms with Gasteiger partial charge in [-0.25, -0.2) is 0 Å². The Kier molecular flexibility index (Phi) is 4.79. The number of halogens is 1. The molecule has 0 radical (unpaired) electrons. The topological polar surface area (TPSA) is 35.8 Å². The van der Waals surface area contributed by atoms with Crippen LogP contribution in [0.2, 0.25) is 5.02 Å². The number of hydrogen-bond acceptors (Lipinski definition) is 2. The van der Waals surface area contributed by atoms with Gasteiger partial charge in [0.1, 0.15) is 0 Å². The minimum Gasteiger partial charge on any atom is -0.306 e. The Hall–Kier alpha value is -1.82. The lowest BCUT2D eigenvalue weighted by atomic mass is 10.0. The Morgan fingerprint density at radius 2 is 1.90 bits per heavy atom. The molecule has 2 nitrogen and oxygen atoms in total. The maximum absolute atomic E-state index is 8.87. The van der Waals surface area contributed by atoms with E-state index in [0.29, 0.717) is 5.56 Å². The molecule has 1 atom stereocenters. The van der Waals surface area contributed by atoms with Crippen LogP contribution in [-0.2, 0) is 6.54 Å². The van der Waals surface area contributed by atoms with Crippen LogP contribution in [0.1, 0.15) is 35.2 Å². The second-order valence-corrected chi connectivity index (χ2v) is 5.34. The monoisotopic (exact) mass is 284 g/mol. The van der Waals surface area contributed by atoms with Crippen molar-refractivity contribution < 1.29 is 0 Å². The predicted molar refractivity (Wildman–Crippen MR) is 82.6 cm³/mol. The first-order valence-corrected chi connectivity index (χ1v) is 6.96. The van der Waals surface area contributed by atoms with Gasteiger partial charge in [0.25, 0.3) is 0 Å². The molecule has 0 amide bonds. The lowest BCUT2D eigenvalue weighted by Gasteiger charge is -2.15. The number of benzene rings is 2. The lowest BCUT2D eigenvalue weighted by Crippen LogP contribution is -2.18. The van der Waals surface area contributed by atoms with Gasteiger partial charge >= 0.3 is 0 Å². The smallest absolute Gasteiger partial charge is 0.0991 e. The first-order chi connectivity index (χ1) is 9.60. The minimum atomic E-state index is 0.252. The van der Waals surface area contributed by atoms with Crippen molar-refractivity contribution in [3.05, 3.63) is 69.7 Å². The van der Waals surface area contributed by atoms with E-state index < -0.39 is 0 Å². The zero-order valence-corrected chi connectivity index (χ0v) is 12.4. The van der Waals surface area contributed by atoms with E-state index in [1.807, 2.05) is 49.4 Å². The molecule has 0 aromatic heterocycles. The zero-order chi connectivity index (χ0) is 14.5. The quantitative estimate of drug-likeness (QED) is 0.905. The highest BCUT2D eigenvalue weighted by Gasteiger charge is 2.06. The highest BCUT2D eigenvalue weighted by Crippen LogP contribution is 2.17. The third-order valence-corrected chi connectivity index (χ3v) is 3.69. The van der Waals surface area contributed by atoms with Gasteiger partial charge < -0.3 is 5.32 Å². The normalized spacial score (nSPS) is 11.9. The van der Waals surface area contributed by atoms with Crippen LogP contribution in [-0.4, -0.2) is 0 Å². The number of nitriles is 1. The Bertz CT molecular complexity index is 626. The minimum absolute atomic E-state index is 0.252. The van der Waals surface area contributed by atoms with E-state index in [0.717, 1.165) is 17.1 Å². The summed E-state index contributed by atoms with van der Waals surface area (Å²) in [5.41, 5.74) is 4.27. The molecule has 3 heteroatoms. The zero-order valence-electron chi connectivity index (χ0n) is 11.7. The summed E-state index contributed by atoms with van der Waals surface area (Å²) in [6.07, 6.45) is 0. The number of nitrogens with zero attached hydrogens (tertiary/aromatic N) is 1. The van der Waals surface area contributed by atoms with Crippen LogP contribution in [0.15, 0.2) is 42.5 Å². The van der Waals surface area contributed by atoms with Crippen LogP contribution < -0.4 is 5.32 Å². The molecule has 0 aliphatic carbocycles. The molecular weight excluding hydrogens is 268 g/mol. The Balaban J connectivity index is 2.01.